The van der Waals surface area contributed by atoms with Crippen LogP contribution in [0.2, 0.25) is 5.02 Å². The number of fused-ring (bicyclic) bond motifs is 1. The lowest BCUT2D eigenvalue weighted by molar-refractivity contribution is 0.328. The van der Waals surface area contributed by atoms with E-state index in [4.69, 9.17) is 16.3 Å². The average Bonchev–Trinajstić information content (AvgIpc) is 3.12. The Kier molecular flexibility index (Phi) is 6.29. The monoisotopic (exact) mass is 453 g/mol. The van der Waals surface area contributed by atoms with Crippen LogP contribution in [-0.2, 0) is 11.3 Å². The summed E-state index contributed by atoms with van der Waals surface area (Å²) >= 11 is 7.55. The van der Waals surface area contributed by atoms with Crippen molar-refractivity contribution in [2.24, 2.45) is 15.0 Å². The van der Waals surface area contributed by atoms with Gasteiger partial charge in [-0.15, -0.1) is 0 Å². The number of aliphatic imine (C=N–C) groups is 2. The maximum absolute atomic E-state index is 10.3. The highest BCUT2D eigenvalue weighted by Crippen LogP contribution is 2.29. The Morgan fingerprint density at radius 3 is 2.84 bits per heavy atom. The molecule has 1 aromatic heterocycles. The minimum Gasteiger partial charge on any atom is -0.492 e. The summed E-state index contributed by atoms with van der Waals surface area (Å²) in [6.45, 7) is 2.90. The van der Waals surface area contributed by atoms with Gasteiger partial charge in [0.1, 0.15) is 0 Å². The molecule has 0 atom stereocenters. The number of hydrogen-bond acceptors (Lipinski definition) is 6. The number of nitrogens with zero attached hydrogens (tertiary/aromatic N) is 4. The molecule has 0 unspecified atom stereocenters. The molecule has 4 rings (SSSR count). The van der Waals surface area contributed by atoms with Gasteiger partial charge in [-0.2, -0.15) is 9.98 Å². The van der Waals surface area contributed by atoms with E-state index < -0.39 is 0 Å². The molecule has 0 saturated heterocycles. The number of nitrogens with one attached hydrogen (secondary N) is 1. The van der Waals surface area contributed by atoms with Gasteiger partial charge in [-0.1, -0.05) is 47.2 Å². The Hall–Kier alpha value is -3.23. The fourth-order valence-corrected chi connectivity index (χ4v) is 4.02. The van der Waals surface area contributed by atoms with Crippen LogP contribution in [0.1, 0.15) is 22.9 Å². The van der Waals surface area contributed by atoms with Crippen molar-refractivity contribution in [1.29, 1.82) is 0 Å². The molecule has 1 aliphatic rings. The number of benzene rings is 2. The number of aromatic hydroxyl groups is 1. The summed E-state index contributed by atoms with van der Waals surface area (Å²) in [5.41, 5.74) is 1.74. The number of hydrogen-bond donors (Lipinski definition) is 2. The first-order chi connectivity index (χ1) is 15.1. The van der Waals surface area contributed by atoms with Gasteiger partial charge in [-0.05, 0) is 42.0 Å². The first-order valence-electron chi connectivity index (χ1n) is 9.63. The van der Waals surface area contributed by atoms with Crippen molar-refractivity contribution in [3.63, 3.8) is 0 Å². The van der Waals surface area contributed by atoms with Crippen LogP contribution in [0.15, 0.2) is 57.4 Å². The first kappa shape index (κ1) is 21.0. The molecular formula is C22H20ClN5O2S. The van der Waals surface area contributed by atoms with Gasteiger partial charge in [0.2, 0.25) is 17.7 Å². The van der Waals surface area contributed by atoms with Crippen molar-refractivity contribution < 1.29 is 9.84 Å². The largest absolute Gasteiger partial charge is 0.492 e. The van der Waals surface area contributed by atoms with E-state index in [-0.39, 0.29) is 5.88 Å². The summed E-state index contributed by atoms with van der Waals surface area (Å²) in [5, 5.41) is 16.4. The van der Waals surface area contributed by atoms with Crippen molar-refractivity contribution in [2.45, 2.75) is 13.5 Å². The van der Waals surface area contributed by atoms with Crippen molar-refractivity contribution in [3.8, 4) is 5.88 Å². The average molecular weight is 454 g/mol. The Morgan fingerprint density at radius 1 is 1.23 bits per heavy atom. The minimum absolute atomic E-state index is 0.0341. The molecule has 0 bridgehead atoms. The second-order valence-electron chi connectivity index (χ2n) is 6.56. The summed E-state index contributed by atoms with van der Waals surface area (Å²) in [4.78, 5) is 17.7. The van der Waals surface area contributed by atoms with Crippen LogP contribution in [0.3, 0.4) is 0 Å². The van der Waals surface area contributed by atoms with Crippen LogP contribution in [-0.4, -0.2) is 35.6 Å². The first-order valence-corrected chi connectivity index (χ1v) is 10.8. The molecule has 2 aromatic carbocycles. The summed E-state index contributed by atoms with van der Waals surface area (Å²) in [6.07, 6.45) is 1.86. The summed E-state index contributed by atoms with van der Waals surface area (Å²) in [7, 11) is 1.64. The van der Waals surface area contributed by atoms with Gasteiger partial charge >= 0.3 is 0 Å². The zero-order valence-corrected chi connectivity index (χ0v) is 18.5. The van der Waals surface area contributed by atoms with Crippen molar-refractivity contribution in [1.82, 2.24) is 4.98 Å². The van der Waals surface area contributed by atoms with E-state index in [9.17, 15) is 5.11 Å². The van der Waals surface area contributed by atoms with Gasteiger partial charge in [0, 0.05) is 18.6 Å². The molecule has 0 amide bonds. The maximum atomic E-state index is 10.3. The maximum Gasteiger partial charge on any atom is 0.248 e. The highest BCUT2D eigenvalue weighted by molar-refractivity contribution is 7.16. The van der Waals surface area contributed by atoms with Gasteiger partial charge in [-0.25, -0.2) is 4.99 Å². The molecule has 2 N–H and O–H groups in total. The molecule has 0 saturated carbocycles. The van der Waals surface area contributed by atoms with Crippen LogP contribution in [0, 0.1) is 0 Å². The lowest BCUT2D eigenvalue weighted by atomic mass is 10.1. The molecule has 0 radical (unpaired) electrons. The lowest BCUT2D eigenvalue weighted by Gasteiger charge is -2.11. The third-order valence-corrected chi connectivity index (χ3v) is 5.79. The zero-order chi connectivity index (χ0) is 21.8. The normalized spacial score (nSPS) is 14.7. The van der Waals surface area contributed by atoms with Gasteiger partial charge in [-0.3, -0.25) is 4.99 Å². The lowest BCUT2D eigenvalue weighted by Crippen LogP contribution is -2.27. The highest BCUT2D eigenvalue weighted by Gasteiger charge is 2.15. The zero-order valence-electron chi connectivity index (χ0n) is 17.0. The molecule has 3 aromatic rings. The van der Waals surface area contributed by atoms with E-state index in [1.165, 1.54) is 11.3 Å². The summed E-state index contributed by atoms with van der Waals surface area (Å²) < 4.78 is 5.67. The number of thiazole rings is 1. The van der Waals surface area contributed by atoms with Crippen molar-refractivity contribution >= 4 is 46.0 Å². The number of ether oxygens (including phenoxy) is 1. The SMILES string of the molecule is CCOC1=NC(=NC)N=c2cc/c(=C\c3sc(NCc4ccccc4Cl)nc3O)cc21. The Morgan fingerprint density at radius 2 is 2.06 bits per heavy atom. The number of rotatable bonds is 5. The Balaban J connectivity index is 1.62. The predicted octanol–water partition coefficient (Wildman–Crippen LogP) is 3.35. The van der Waals surface area contributed by atoms with Crippen molar-refractivity contribution in [3.05, 3.63) is 74.1 Å². The summed E-state index contributed by atoms with van der Waals surface area (Å²) in [6, 6.07) is 13.3. The van der Waals surface area contributed by atoms with Crippen LogP contribution in [0.4, 0.5) is 5.13 Å². The molecule has 31 heavy (non-hydrogen) atoms. The van der Waals surface area contributed by atoms with Gasteiger partial charge in [0.05, 0.1) is 22.4 Å². The Labute approximate surface area is 188 Å². The molecule has 2 heterocycles. The van der Waals surface area contributed by atoms with Crippen LogP contribution >= 0.6 is 22.9 Å². The fraction of sp³-hybridized carbons (Fsp3) is 0.182. The second-order valence-corrected chi connectivity index (χ2v) is 8.00. The van der Waals surface area contributed by atoms with E-state index >= 15 is 0 Å². The molecule has 9 heteroatoms. The minimum atomic E-state index is -0.0341. The topological polar surface area (TPSA) is 91.5 Å². The number of aromatic nitrogens is 1. The highest BCUT2D eigenvalue weighted by atomic mass is 35.5. The van der Waals surface area contributed by atoms with E-state index in [1.807, 2.05) is 55.5 Å². The Bertz CT molecular complexity index is 1300. The quantitative estimate of drug-likeness (QED) is 0.619. The van der Waals surface area contributed by atoms with Crippen LogP contribution < -0.4 is 15.9 Å². The standard InChI is InChI=1S/C22H20ClN5O2S/c1-3-30-20-15-10-13(8-9-17(15)26-21(24-2)28-20)11-18-19(29)27-22(31-18)25-12-14-6-4-5-7-16(14)23/h4-11,29H,3,12H2,1-2H3,(H,25,27)/b13-11+,24-21?. The van der Waals surface area contributed by atoms with E-state index in [0.29, 0.717) is 40.0 Å². The molecule has 1 aliphatic heterocycles. The van der Waals surface area contributed by atoms with E-state index in [0.717, 1.165) is 21.7 Å². The second kappa shape index (κ2) is 9.28. The summed E-state index contributed by atoms with van der Waals surface area (Å²) in [5.74, 6) is 0.828. The predicted molar refractivity (Wildman–Crippen MR) is 125 cm³/mol. The fourth-order valence-electron chi connectivity index (χ4n) is 3.00. The third kappa shape index (κ3) is 4.76. The van der Waals surface area contributed by atoms with Crippen LogP contribution in [0.5, 0.6) is 5.88 Å². The molecule has 7 nitrogen and oxygen atoms in total. The smallest absolute Gasteiger partial charge is 0.248 e. The number of guanidine groups is 1. The van der Waals surface area contributed by atoms with Crippen LogP contribution in [0.25, 0.3) is 6.08 Å². The van der Waals surface area contributed by atoms with Gasteiger partial charge in [0.25, 0.3) is 0 Å². The van der Waals surface area contributed by atoms with Gasteiger partial charge in [0.15, 0.2) is 5.13 Å². The molecule has 0 spiro atoms. The molecule has 0 aliphatic carbocycles. The number of anilines is 1. The van der Waals surface area contributed by atoms with E-state index in [1.54, 1.807) is 7.05 Å². The molecule has 158 valence electrons. The van der Waals surface area contributed by atoms with E-state index in [2.05, 4.69) is 25.3 Å². The molecule has 0 fully saturated rings. The number of halogens is 1. The van der Waals surface area contributed by atoms with Gasteiger partial charge < -0.3 is 15.2 Å². The van der Waals surface area contributed by atoms with Crippen molar-refractivity contribution in [2.75, 3.05) is 19.0 Å². The third-order valence-electron chi connectivity index (χ3n) is 4.47. The molecular weight excluding hydrogens is 434 g/mol.